The van der Waals surface area contributed by atoms with E-state index in [0.717, 1.165) is 18.3 Å². The van der Waals surface area contributed by atoms with E-state index in [1.165, 1.54) is 29.1 Å². The standard InChI is InChI=1S/C20H15FN2O5/c1-2-28-20(27)17(9-12-5-7-22-8-6-12)23-11-15(19(25)26)18(24)14-10-13(21)3-4-16(14)23/h3-11H,2H2,1H3,(H,25,26)/b17-9-. The van der Waals surface area contributed by atoms with Crippen molar-refractivity contribution in [1.82, 2.24) is 9.55 Å². The lowest BCUT2D eigenvalue weighted by atomic mass is 10.1. The summed E-state index contributed by atoms with van der Waals surface area (Å²) < 4.78 is 20.0. The van der Waals surface area contributed by atoms with E-state index in [0.29, 0.717) is 5.56 Å². The molecule has 0 saturated carbocycles. The van der Waals surface area contributed by atoms with Crippen molar-refractivity contribution in [1.29, 1.82) is 0 Å². The van der Waals surface area contributed by atoms with Crippen LogP contribution in [0.1, 0.15) is 22.8 Å². The first-order valence-electron chi connectivity index (χ1n) is 8.29. The average Bonchev–Trinajstić information content (AvgIpc) is 2.68. The third-order valence-electron chi connectivity index (χ3n) is 3.95. The SMILES string of the molecule is CCOC(=O)/C(=C/c1ccncc1)n1cc(C(=O)O)c(=O)c2cc(F)ccc21. The maximum Gasteiger partial charge on any atom is 0.355 e. The van der Waals surface area contributed by atoms with Gasteiger partial charge in [0.05, 0.1) is 12.1 Å². The number of rotatable bonds is 5. The molecule has 0 atom stereocenters. The number of aromatic nitrogens is 2. The molecular weight excluding hydrogens is 367 g/mol. The Morgan fingerprint density at radius 1 is 1.25 bits per heavy atom. The van der Waals surface area contributed by atoms with E-state index in [-0.39, 0.29) is 23.2 Å². The number of pyridine rings is 2. The number of hydrogen-bond donors (Lipinski definition) is 1. The quantitative estimate of drug-likeness (QED) is 0.538. The molecule has 0 saturated heterocycles. The number of ether oxygens (including phenoxy) is 1. The van der Waals surface area contributed by atoms with Crippen molar-refractivity contribution in [2.45, 2.75) is 6.92 Å². The summed E-state index contributed by atoms with van der Waals surface area (Å²) in [4.78, 5) is 40.5. The number of hydrogen-bond acceptors (Lipinski definition) is 5. The van der Waals surface area contributed by atoms with Crippen molar-refractivity contribution in [3.05, 3.63) is 76.1 Å². The number of benzene rings is 1. The molecule has 142 valence electrons. The summed E-state index contributed by atoms with van der Waals surface area (Å²) >= 11 is 0. The largest absolute Gasteiger partial charge is 0.477 e. The van der Waals surface area contributed by atoms with Gasteiger partial charge >= 0.3 is 11.9 Å². The normalized spacial score (nSPS) is 11.4. The van der Waals surface area contributed by atoms with Crippen molar-refractivity contribution < 1.29 is 23.8 Å². The number of fused-ring (bicyclic) bond motifs is 1. The van der Waals surface area contributed by atoms with Gasteiger partial charge in [0.2, 0.25) is 5.43 Å². The van der Waals surface area contributed by atoms with Gasteiger partial charge in [0.1, 0.15) is 17.1 Å². The van der Waals surface area contributed by atoms with Gasteiger partial charge in [-0.1, -0.05) is 0 Å². The van der Waals surface area contributed by atoms with Gasteiger partial charge in [-0.15, -0.1) is 0 Å². The highest BCUT2D eigenvalue weighted by Gasteiger charge is 2.20. The summed E-state index contributed by atoms with van der Waals surface area (Å²) in [5.41, 5.74) is -0.700. The van der Waals surface area contributed by atoms with Crippen LogP contribution in [0, 0.1) is 5.82 Å². The number of carbonyl (C=O) groups excluding carboxylic acids is 1. The van der Waals surface area contributed by atoms with Crippen molar-refractivity contribution in [2.24, 2.45) is 0 Å². The van der Waals surface area contributed by atoms with E-state index in [9.17, 15) is 23.9 Å². The molecule has 0 unspecified atom stereocenters. The number of carboxylic acids is 1. The molecule has 1 aromatic carbocycles. The molecule has 0 fully saturated rings. The minimum Gasteiger partial charge on any atom is -0.477 e. The van der Waals surface area contributed by atoms with Crippen LogP contribution in [0.2, 0.25) is 0 Å². The zero-order valence-electron chi connectivity index (χ0n) is 14.8. The minimum absolute atomic E-state index is 0.0350. The average molecular weight is 382 g/mol. The predicted molar refractivity (Wildman–Crippen MR) is 100 cm³/mol. The van der Waals surface area contributed by atoms with Crippen LogP contribution in [0.5, 0.6) is 0 Å². The molecule has 1 N–H and O–H groups in total. The summed E-state index contributed by atoms with van der Waals surface area (Å²) in [5, 5.41) is 9.22. The Bertz CT molecular complexity index is 1150. The maximum atomic E-state index is 13.7. The first kappa shape index (κ1) is 19.0. The monoisotopic (exact) mass is 382 g/mol. The number of halogens is 1. The van der Waals surface area contributed by atoms with Crippen molar-refractivity contribution in [3.63, 3.8) is 0 Å². The lowest BCUT2D eigenvalue weighted by molar-refractivity contribution is -0.136. The van der Waals surface area contributed by atoms with Crippen molar-refractivity contribution in [2.75, 3.05) is 6.61 Å². The van der Waals surface area contributed by atoms with Gasteiger partial charge in [-0.3, -0.25) is 9.78 Å². The number of carbonyl (C=O) groups is 2. The molecule has 0 aliphatic carbocycles. The zero-order chi connectivity index (χ0) is 20.3. The molecule has 2 heterocycles. The molecule has 0 aliphatic heterocycles. The van der Waals surface area contributed by atoms with Gasteiger partial charge < -0.3 is 14.4 Å². The Kier molecular flexibility index (Phi) is 5.30. The molecule has 0 radical (unpaired) electrons. The van der Waals surface area contributed by atoms with Gasteiger partial charge in [0.25, 0.3) is 0 Å². The van der Waals surface area contributed by atoms with Gasteiger partial charge in [-0.25, -0.2) is 14.0 Å². The molecule has 3 aromatic rings. The summed E-state index contributed by atoms with van der Waals surface area (Å²) in [6, 6.07) is 6.64. The molecule has 0 aliphatic rings. The van der Waals surface area contributed by atoms with Gasteiger partial charge in [0.15, 0.2) is 0 Å². The lowest BCUT2D eigenvalue weighted by Gasteiger charge is -2.15. The molecule has 2 aromatic heterocycles. The second-order valence-corrected chi connectivity index (χ2v) is 5.74. The zero-order valence-corrected chi connectivity index (χ0v) is 14.8. The lowest BCUT2D eigenvalue weighted by Crippen LogP contribution is -2.21. The summed E-state index contributed by atoms with van der Waals surface area (Å²) in [6.45, 7) is 1.72. The van der Waals surface area contributed by atoms with E-state index in [2.05, 4.69) is 4.98 Å². The molecule has 0 bridgehead atoms. The molecule has 8 heteroatoms. The first-order valence-corrected chi connectivity index (χ1v) is 8.29. The molecule has 0 spiro atoms. The van der Waals surface area contributed by atoms with Gasteiger partial charge in [-0.2, -0.15) is 0 Å². The van der Waals surface area contributed by atoms with E-state index in [1.807, 2.05) is 0 Å². The van der Waals surface area contributed by atoms with Gasteiger partial charge in [-0.05, 0) is 48.9 Å². The smallest absolute Gasteiger partial charge is 0.355 e. The number of aromatic carboxylic acids is 1. The topological polar surface area (TPSA) is 98.5 Å². The fourth-order valence-corrected chi connectivity index (χ4v) is 2.70. The molecule has 7 nitrogen and oxygen atoms in total. The van der Waals surface area contributed by atoms with Crippen LogP contribution in [0.3, 0.4) is 0 Å². The van der Waals surface area contributed by atoms with Crippen LogP contribution in [0.15, 0.2) is 53.7 Å². The fraction of sp³-hybridized carbons (Fsp3) is 0.100. The Hall–Kier alpha value is -3.81. The van der Waals surface area contributed by atoms with Crippen LogP contribution in [-0.4, -0.2) is 33.2 Å². The van der Waals surface area contributed by atoms with Gasteiger partial charge in [0, 0.05) is 24.0 Å². The van der Waals surface area contributed by atoms with Crippen LogP contribution in [0.4, 0.5) is 4.39 Å². The van der Waals surface area contributed by atoms with E-state index in [1.54, 1.807) is 19.1 Å². The highest BCUT2D eigenvalue weighted by molar-refractivity contribution is 6.17. The molecule has 3 rings (SSSR count). The Morgan fingerprint density at radius 3 is 2.61 bits per heavy atom. The minimum atomic E-state index is -1.49. The second-order valence-electron chi connectivity index (χ2n) is 5.74. The summed E-state index contributed by atoms with van der Waals surface area (Å²) in [6.07, 6.45) is 5.56. The Labute approximate surface area is 158 Å². The third-order valence-corrected chi connectivity index (χ3v) is 3.95. The number of nitrogens with zero attached hydrogens (tertiary/aromatic N) is 2. The van der Waals surface area contributed by atoms with E-state index < -0.39 is 28.7 Å². The molecule has 28 heavy (non-hydrogen) atoms. The van der Waals surface area contributed by atoms with Crippen LogP contribution >= 0.6 is 0 Å². The number of carboxylic acid groups (broad SMARTS) is 1. The van der Waals surface area contributed by atoms with Crippen molar-refractivity contribution in [3.8, 4) is 0 Å². The maximum absolute atomic E-state index is 13.7. The highest BCUT2D eigenvalue weighted by atomic mass is 19.1. The van der Waals surface area contributed by atoms with E-state index >= 15 is 0 Å². The van der Waals surface area contributed by atoms with Crippen molar-refractivity contribution >= 4 is 34.6 Å². The Morgan fingerprint density at radius 2 is 1.96 bits per heavy atom. The van der Waals surface area contributed by atoms with Crippen LogP contribution in [-0.2, 0) is 9.53 Å². The predicted octanol–water partition coefficient (Wildman–Crippen LogP) is 2.80. The second kappa shape index (κ2) is 7.83. The fourth-order valence-electron chi connectivity index (χ4n) is 2.70. The van der Waals surface area contributed by atoms with E-state index in [4.69, 9.17) is 4.74 Å². The number of esters is 1. The highest BCUT2D eigenvalue weighted by Crippen LogP contribution is 2.21. The Balaban J connectivity index is 2.38. The first-order chi connectivity index (χ1) is 13.4. The molecular formula is C20H15FN2O5. The van der Waals surface area contributed by atoms with Crippen LogP contribution in [0.25, 0.3) is 22.7 Å². The molecule has 0 amide bonds. The summed E-state index contributed by atoms with van der Waals surface area (Å²) in [5.74, 6) is -2.92. The third kappa shape index (κ3) is 3.66. The van der Waals surface area contributed by atoms with Crippen LogP contribution < -0.4 is 5.43 Å². The summed E-state index contributed by atoms with van der Waals surface area (Å²) in [7, 11) is 0.